The Morgan fingerprint density at radius 1 is 1.02 bits per heavy atom. The zero-order chi connectivity index (χ0) is 35.9. The largest absolute Gasteiger partial charge is 0.508 e. The van der Waals surface area contributed by atoms with Crippen LogP contribution in [0.5, 0.6) is 0 Å². The van der Waals surface area contributed by atoms with Gasteiger partial charge in [-0.1, -0.05) is 77.2 Å². The minimum atomic E-state index is -0.638. The first-order chi connectivity index (χ1) is 23.9. The highest BCUT2D eigenvalue weighted by Gasteiger charge is 2.59. The molecule has 3 fully saturated rings. The summed E-state index contributed by atoms with van der Waals surface area (Å²) in [6.07, 6.45) is 20.2. The SMILES string of the molecule is CC(C)CCCC(C)C1CCC2C3CC=C4C[C@@H](OC(=O)OCc5cn(CCCNC(=O)C(N)CCCCN)nn5)CC[C@]4(C)C3CC[C@]12C. The average molecular weight is 697 g/mol. The summed E-state index contributed by atoms with van der Waals surface area (Å²) in [5, 5.41) is 11.1. The summed E-state index contributed by atoms with van der Waals surface area (Å²) in [6, 6.07) is -0.506. The number of ether oxygens (including phenoxy) is 2. The molecule has 1 heterocycles. The molecule has 4 aliphatic carbocycles. The van der Waals surface area contributed by atoms with Gasteiger partial charge in [0, 0.05) is 19.5 Å². The molecule has 10 nitrogen and oxygen atoms in total. The smallest absolute Gasteiger partial charge is 0.431 e. The molecule has 0 aliphatic heterocycles. The fourth-order valence-electron chi connectivity index (χ4n) is 10.8. The quantitative estimate of drug-likeness (QED) is 0.0873. The molecule has 0 spiro atoms. The van der Waals surface area contributed by atoms with Crippen LogP contribution in [-0.2, 0) is 27.4 Å². The molecule has 5 rings (SSSR count). The molecule has 1 aromatic rings. The molecule has 1 aromatic heterocycles. The maximum atomic E-state index is 12.7. The van der Waals surface area contributed by atoms with E-state index in [-0.39, 0.29) is 24.0 Å². The standard InChI is InChI=1S/C40H68N6O4/c1-27(2)10-8-11-28(3)33-15-16-34-32-14-13-29-24-31(17-19-39(29,4)35(32)18-20-40(33,34)5)50-38(48)49-26-30-25-46(45-44-30)23-9-22-43-37(47)36(42)12-6-7-21-41/h13,25,27-28,31-36H,6-12,14-24,26,41-42H2,1-5H3,(H,43,47)/t28?,31-,32?,33?,34?,35?,36?,39-,40+/m0/s1. The van der Waals surface area contributed by atoms with Crippen LogP contribution in [0.2, 0.25) is 0 Å². The van der Waals surface area contributed by atoms with Gasteiger partial charge in [-0.2, -0.15) is 0 Å². The number of aryl methyl sites for hydroxylation is 1. The van der Waals surface area contributed by atoms with Crippen LogP contribution in [0.25, 0.3) is 0 Å². The van der Waals surface area contributed by atoms with Crippen molar-refractivity contribution in [1.82, 2.24) is 20.3 Å². The number of aromatic nitrogens is 3. The fraction of sp³-hybridized carbons (Fsp3) is 0.850. The highest BCUT2D eigenvalue weighted by atomic mass is 16.7. The monoisotopic (exact) mass is 697 g/mol. The molecule has 1 amide bonds. The van der Waals surface area contributed by atoms with Crippen molar-refractivity contribution in [3.05, 3.63) is 23.5 Å². The molecule has 3 saturated carbocycles. The van der Waals surface area contributed by atoms with E-state index in [4.69, 9.17) is 20.9 Å². The first-order valence-corrected chi connectivity index (χ1v) is 20.1. The van der Waals surface area contributed by atoms with Gasteiger partial charge in [-0.25, -0.2) is 4.79 Å². The number of rotatable bonds is 17. The summed E-state index contributed by atoms with van der Waals surface area (Å²) in [4.78, 5) is 24.9. The van der Waals surface area contributed by atoms with Gasteiger partial charge in [0.1, 0.15) is 18.4 Å². The van der Waals surface area contributed by atoms with Crippen molar-refractivity contribution in [2.75, 3.05) is 13.1 Å². The summed E-state index contributed by atoms with van der Waals surface area (Å²) in [7, 11) is 0. The van der Waals surface area contributed by atoms with Gasteiger partial charge in [-0.3, -0.25) is 9.48 Å². The van der Waals surface area contributed by atoms with Gasteiger partial charge >= 0.3 is 6.16 Å². The molecule has 6 unspecified atom stereocenters. The summed E-state index contributed by atoms with van der Waals surface area (Å²) in [5.41, 5.74) is 14.2. The Morgan fingerprint density at radius 3 is 2.62 bits per heavy atom. The Kier molecular flexibility index (Phi) is 13.5. The van der Waals surface area contributed by atoms with Gasteiger partial charge in [-0.15, -0.1) is 5.10 Å². The van der Waals surface area contributed by atoms with Crippen molar-refractivity contribution in [3.63, 3.8) is 0 Å². The van der Waals surface area contributed by atoms with E-state index in [2.05, 4.69) is 56.3 Å². The third-order valence-corrected chi connectivity index (χ3v) is 13.6. The topological polar surface area (TPSA) is 147 Å². The molecule has 50 heavy (non-hydrogen) atoms. The number of carbonyl (C=O) groups is 2. The van der Waals surface area contributed by atoms with Crippen LogP contribution >= 0.6 is 0 Å². The zero-order valence-electron chi connectivity index (χ0n) is 31.8. The highest BCUT2D eigenvalue weighted by molar-refractivity contribution is 5.81. The van der Waals surface area contributed by atoms with E-state index >= 15 is 0 Å². The molecule has 9 atom stereocenters. The van der Waals surface area contributed by atoms with E-state index in [9.17, 15) is 9.59 Å². The summed E-state index contributed by atoms with van der Waals surface area (Å²) >= 11 is 0. The third-order valence-electron chi connectivity index (χ3n) is 13.6. The second kappa shape index (κ2) is 17.4. The third kappa shape index (κ3) is 9.12. The van der Waals surface area contributed by atoms with Gasteiger partial charge in [0.2, 0.25) is 5.91 Å². The van der Waals surface area contributed by atoms with E-state index in [0.717, 1.165) is 67.6 Å². The fourth-order valence-corrected chi connectivity index (χ4v) is 10.8. The Hall–Kier alpha value is -2.46. The predicted octanol–water partition coefficient (Wildman–Crippen LogP) is 7.30. The summed E-state index contributed by atoms with van der Waals surface area (Å²) in [6.45, 7) is 14.1. The maximum Gasteiger partial charge on any atom is 0.508 e. The van der Waals surface area contributed by atoms with E-state index in [1.54, 1.807) is 10.9 Å². The van der Waals surface area contributed by atoms with Crippen LogP contribution in [-0.4, -0.2) is 52.3 Å². The molecular formula is C40H68N6O4. The maximum absolute atomic E-state index is 12.7. The van der Waals surface area contributed by atoms with Crippen LogP contribution in [0, 0.1) is 46.3 Å². The van der Waals surface area contributed by atoms with Crippen LogP contribution in [0.3, 0.4) is 0 Å². The molecular weight excluding hydrogens is 628 g/mol. The van der Waals surface area contributed by atoms with Gasteiger partial charge in [0.05, 0.1) is 12.2 Å². The normalized spacial score (nSPS) is 31.6. The lowest BCUT2D eigenvalue weighted by Crippen LogP contribution is -2.51. The number of unbranched alkanes of at least 4 members (excludes halogenated alkanes) is 1. The van der Waals surface area contributed by atoms with Gasteiger partial charge < -0.3 is 26.3 Å². The second-order valence-corrected chi connectivity index (χ2v) is 17.3. The van der Waals surface area contributed by atoms with Crippen LogP contribution < -0.4 is 16.8 Å². The first-order valence-electron chi connectivity index (χ1n) is 20.1. The molecule has 0 aromatic carbocycles. The first kappa shape index (κ1) is 38.8. The van der Waals surface area contributed by atoms with Gasteiger partial charge in [0.25, 0.3) is 0 Å². The lowest BCUT2D eigenvalue weighted by Gasteiger charge is -2.58. The molecule has 4 aliphatic rings. The summed E-state index contributed by atoms with van der Waals surface area (Å²) < 4.78 is 13.0. The minimum absolute atomic E-state index is 0.0155. The molecule has 5 N–H and O–H groups in total. The number of nitrogens with two attached hydrogens (primary N) is 2. The van der Waals surface area contributed by atoms with Gasteiger partial charge in [0.15, 0.2) is 0 Å². The number of nitrogens with zero attached hydrogens (tertiary/aromatic N) is 3. The van der Waals surface area contributed by atoms with Crippen molar-refractivity contribution < 1.29 is 19.1 Å². The van der Waals surface area contributed by atoms with Crippen molar-refractivity contribution in [2.45, 2.75) is 156 Å². The Balaban J connectivity index is 1.04. The van der Waals surface area contributed by atoms with Crippen molar-refractivity contribution in [3.8, 4) is 0 Å². The van der Waals surface area contributed by atoms with E-state index < -0.39 is 12.2 Å². The van der Waals surface area contributed by atoms with Crippen molar-refractivity contribution in [2.24, 2.45) is 57.8 Å². The average Bonchev–Trinajstić information content (AvgIpc) is 3.69. The Morgan fingerprint density at radius 2 is 1.84 bits per heavy atom. The number of allylic oxidation sites excluding steroid dienone is 1. The lowest BCUT2D eigenvalue weighted by atomic mass is 9.47. The minimum Gasteiger partial charge on any atom is -0.431 e. The number of fused-ring (bicyclic) bond motifs is 5. The molecule has 0 radical (unpaired) electrons. The number of nitrogens with one attached hydrogen (secondary N) is 1. The predicted molar refractivity (Wildman–Crippen MR) is 197 cm³/mol. The Labute approximate surface area is 301 Å². The molecule has 0 bridgehead atoms. The van der Waals surface area contributed by atoms with Crippen LogP contribution in [0.4, 0.5) is 4.79 Å². The zero-order valence-corrected chi connectivity index (χ0v) is 31.8. The van der Waals surface area contributed by atoms with Crippen molar-refractivity contribution >= 4 is 12.1 Å². The van der Waals surface area contributed by atoms with Gasteiger partial charge in [-0.05, 0) is 117 Å². The highest BCUT2D eigenvalue weighted by Crippen LogP contribution is 2.67. The van der Waals surface area contributed by atoms with E-state index in [1.165, 1.54) is 56.9 Å². The van der Waals surface area contributed by atoms with E-state index in [0.29, 0.717) is 43.6 Å². The summed E-state index contributed by atoms with van der Waals surface area (Å²) in [5.74, 6) is 4.75. The number of hydrogen-bond donors (Lipinski definition) is 3. The molecule has 0 saturated heterocycles. The second-order valence-electron chi connectivity index (χ2n) is 17.3. The van der Waals surface area contributed by atoms with Crippen LogP contribution in [0.15, 0.2) is 17.8 Å². The molecule has 10 heteroatoms. The Bertz CT molecular complexity index is 1300. The number of amides is 1. The van der Waals surface area contributed by atoms with E-state index in [1.807, 2.05) is 0 Å². The van der Waals surface area contributed by atoms with Crippen molar-refractivity contribution in [1.29, 1.82) is 0 Å². The van der Waals surface area contributed by atoms with Crippen LogP contribution in [0.1, 0.15) is 137 Å². The molecule has 282 valence electrons. The number of hydrogen-bond acceptors (Lipinski definition) is 8. The number of carbonyl (C=O) groups excluding carboxylic acids is 2. The lowest BCUT2D eigenvalue weighted by molar-refractivity contribution is -0.122.